The molecule has 0 radical (unpaired) electrons. The van der Waals surface area contributed by atoms with Gasteiger partial charge in [-0.1, -0.05) is 38.1 Å². The van der Waals surface area contributed by atoms with Crippen LogP contribution >= 0.6 is 0 Å². The Morgan fingerprint density at radius 1 is 1.11 bits per heavy atom. The lowest BCUT2D eigenvalue weighted by molar-refractivity contribution is -0.125. The number of hydrogen-bond acceptors (Lipinski definition) is 4. The highest BCUT2D eigenvalue weighted by Gasteiger charge is 2.34. The first kappa shape index (κ1) is 18.0. The lowest BCUT2D eigenvalue weighted by Crippen LogP contribution is -2.46. The maximum atomic E-state index is 13.2. The number of para-hydroxylation sites is 1. The monoisotopic (exact) mass is 375 g/mol. The highest BCUT2D eigenvalue weighted by atomic mass is 16.5. The van der Waals surface area contributed by atoms with Gasteiger partial charge in [-0.2, -0.15) is 0 Å². The molecule has 1 aromatic heterocycles. The van der Waals surface area contributed by atoms with E-state index in [0.717, 1.165) is 11.3 Å². The fourth-order valence-corrected chi connectivity index (χ4v) is 3.54. The molecule has 1 amide bonds. The van der Waals surface area contributed by atoms with Gasteiger partial charge in [0.1, 0.15) is 11.8 Å². The number of benzene rings is 2. The molecule has 1 atom stereocenters. The highest BCUT2D eigenvalue weighted by Crippen LogP contribution is 2.28. The lowest BCUT2D eigenvalue weighted by Gasteiger charge is -2.31. The number of carbonyl (C=O) groups excluding carboxylic acids is 1. The minimum atomic E-state index is -0.604. The van der Waals surface area contributed by atoms with Crippen molar-refractivity contribution in [2.75, 3.05) is 7.11 Å². The van der Waals surface area contributed by atoms with Crippen molar-refractivity contribution in [2.24, 2.45) is 5.92 Å². The molecular weight excluding hydrogens is 354 g/mol. The van der Waals surface area contributed by atoms with Gasteiger partial charge >= 0.3 is 0 Å². The molecule has 1 aliphatic heterocycles. The SMILES string of the molecule is COc1ccc(/C=C2\NC(=O)[C@H](C(C)C)n3c2nc2ccccc2c3=O)cc1. The largest absolute Gasteiger partial charge is 0.497 e. The molecule has 1 N–H and O–H groups in total. The van der Waals surface area contributed by atoms with Crippen molar-refractivity contribution in [3.8, 4) is 5.75 Å². The first-order chi connectivity index (χ1) is 13.5. The molecule has 4 rings (SSSR count). The zero-order valence-electron chi connectivity index (χ0n) is 16.0. The van der Waals surface area contributed by atoms with Gasteiger partial charge in [0, 0.05) is 0 Å². The van der Waals surface area contributed by atoms with Gasteiger partial charge in [-0.3, -0.25) is 14.2 Å². The van der Waals surface area contributed by atoms with Gasteiger partial charge < -0.3 is 10.1 Å². The predicted octanol–water partition coefficient (Wildman–Crippen LogP) is 3.23. The number of aromatic nitrogens is 2. The van der Waals surface area contributed by atoms with Gasteiger partial charge in [-0.05, 0) is 41.8 Å². The second kappa shape index (κ2) is 6.96. The van der Waals surface area contributed by atoms with Crippen LogP contribution in [0.3, 0.4) is 0 Å². The van der Waals surface area contributed by atoms with E-state index < -0.39 is 6.04 Å². The van der Waals surface area contributed by atoms with E-state index in [0.29, 0.717) is 22.4 Å². The summed E-state index contributed by atoms with van der Waals surface area (Å²) in [7, 11) is 1.61. The normalized spacial score (nSPS) is 17.6. The fourth-order valence-electron chi connectivity index (χ4n) is 3.54. The van der Waals surface area contributed by atoms with Crippen LogP contribution in [-0.4, -0.2) is 22.6 Å². The van der Waals surface area contributed by atoms with Crippen molar-refractivity contribution < 1.29 is 9.53 Å². The average molecular weight is 375 g/mol. The Hall–Kier alpha value is -3.41. The lowest BCUT2D eigenvalue weighted by atomic mass is 9.99. The summed E-state index contributed by atoms with van der Waals surface area (Å²) in [6, 6.07) is 14.1. The molecule has 0 bridgehead atoms. The number of carbonyl (C=O) groups is 1. The standard InChI is InChI=1S/C22H21N3O3/c1-13(2)19-21(26)24-18(12-14-8-10-15(28-3)11-9-14)20-23-17-7-5-4-6-16(17)22(27)25(19)20/h4-13,19H,1-3H3,(H,24,26)/b18-12-/t19-/m0/s1. The number of amides is 1. The third-order valence-corrected chi connectivity index (χ3v) is 4.91. The van der Waals surface area contributed by atoms with Crippen LogP contribution in [0.5, 0.6) is 5.75 Å². The highest BCUT2D eigenvalue weighted by molar-refractivity contribution is 5.97. The number of rotatable bonds is 3. The summed E-state index contributed by atoms with van der Waals surface area (Å²) in [6.07, 6.45) is 1.82. The third-order valence-electron chi connectivity index (χ3n) is 4.91. The number of nitrogens with one attached hydrogen (secondary N) is 1. The first-order valence-corrected chi connectivity index (χ1v) is 9.18. The summed E-state index contributed by atoms with van der Waals surface area (Å²) in [5.74, 6) is 0.955. The van der Waals surface area contributed by atoms with Crippen molar-refractivity contribution in [1.29, 1.82) is 0 Å². The molecule has 3 aromatic rings. The summed E-state index contributed by atoms with van der Waals surface area (Å²) in [5.41, 5.74) is 1.79. The van der Waals surface area contributed by atoms with E-state index in [-0.39, 0.29) is 17.4 Å². The molecule has 1 aliphatic rings. The van der Waals surface area contributed by atoms with Gasteiger partial charge in [-0.25, -0.2) is 4.98 Å². The van der Waals surface area contributed by atoms with Crippen LogP contribution in [0.15, 0.2) is 53.3 Å². The molecule has 2 heterocycles. The number of methoxy groups -OCH3 is 1. The van der Waals surface area contributed by atoms with Gasteiger partial charge in [0.05, 0.1) is 23.7 Å². The van der Waals surface area contributed by atoms with Crippen LogP contribution in [0.25, 0.3) is 22.7 Å². The summed E-state index contributed by atoms with van der Waals surface area (Å²) in [4.78, 5) is 30.8. The van der Waals surface area contributed by atoms with Crippen LogP contribution in [-0.2, 0) is 4.79 Å². The average Bonchev–Trinajstić information content (AvgIpc) is 2.69. The van der Waals surface area contributed by atoms with E-state index in [1.54, 1.807) is 19.2 Å². The summed E-state index contributed by atoms with van der Waals surface area (Å²) in [6.45, 7) is 3.85. The Bertz CT molecular complexity index is 1140. The smallest absolute Gasteiger partial charge is 0.262 e. The molecule has 0 saturated heterocycles. The van der Waals surface area contributed by atoms with Gasteiger partial charge in [0.15, 0.2) is 5.82 Å². The van der Waals surface area contributed by atoms with Crippen molar-refractivity contribution in [2.45, 2.75) is 19.9 Å². The molecule has 2 aromatic carbocycles. The van der Waals surface area contributed by atoms with Gasteiger partial charge in [-0.15, -0.1) is 0 Å². The van der Waals surface area contributed by atoms with Gasteiger partial charge in [0.2, 0.25) is 5.91 Å². The van der Waals surface area contributed by atoms with Crippen LogP contribution in [0, 0.1) is 5.92 Å². The number of ether oxygens (including phenoxy) is 1. The van der Waals surface area contributed by atoms with Crippen LogP contribution in [0.1, 0.15) is 31.3 Å². The molecule has 0 fully saturated rings. The van der Waals surface area contributed by atoms with E-state index in [1.807, 2.05) is 56.3 Å². The second-order valence-corrected chi connectivity index (χ2v) is 7.14. The minimum absolute atomic E-state index is 0.0538. The summed E-state index contributed by atoms with van der Waals surface area (Å²) in [5, 5.41) is 3.45. The van der Waals surface area contributed by atoms with E-state index in [2.05, 4.69) is 5.32 Å². The second-order valence-electron chi connectivity index (χ2n) is 7.14. The number of nitrogens with zero attached hydrogens (tertiary/aromatic N) is 2. The van der Waals surface area contributed by atoms with Crippen molar-refractivity contribution in [1.82, 2.24) is 14.9 Å². The maximum absolute atomic E-state index is 13.2. The molecule has 6 heteroatoms. The third kappa shape index (κ3) is 2.97. The molecule has 0 spiro atoms. The molecule has 142 valence electrons. The van der Waals surface area contributed by atoms with Crippen molar-refractivity contribution in [3.05, 3.63) is 70.3 Å². The Labute approximate surface area is 162 Å². The van der Waals surface area contributed by atoms with E-state index in [9.17, 15) is 9.59 Å². The van der Waals surface area contributed by atoms with Gasteiger partial charge in [0.25, 0.3) is 5.56 Å². The molecule has 0 unspecified atom stereocenters. The quantitative estimate of drug-likeness (QED) is 0.763. The first-order valence-electron chi connectivity index (χ1n) is 9.18. The number of fused-ring (bicyclic) bond motifs is 2. The van der Waals surface area contributed by atoms with E-state index >= 15 is 0 Å². The fraction of sp³-hybridized carbons (Fsp3) is 0.227. The molecule has 0 saturated carbocycles. The van der Waals surface area contributed by atoms with E-state index in [1.165, 1.54) is 4.57 Å². The Morgan fingerprint density at radius 3 is 2.50 bits per heavy atom. The zero-order chi connectivity index (χ0) is 19.8. The summed E-state index contributed by atoms with van der Waals surface area (Å²) < 4.78 is 6.72. The predicted molar refractivity (Wildman–Crippen MR) is 109 cm³/mol. The topological polar surface area (TPSA) is 73.2 Å². The minimum Gasteiger partial charge on any atom is -0.497 e. The molecule has 0 aliphatic carbocycles. The van der Waals surface area contributed by atoms with Crippen LogP contribution in [0.4, 0.5) is 0 Å². The Morgan fingerprint density at radius 2 is 1.82 bits per heavy atom. The molecule has 28 heavy (non-hydrogen) atoms. The van der Waals surface area contributed by atoms with Crippen LogP contribution in [0.2, 0.25) is 0 Å². The maximum Gasteiger partial charge on any atom is 0.262 e. The summed E-state index contributed by atoms with van der Waals surface area (Å²) >= 11 is 0. The van der Waals surface area contributed by atoms with Crippen molar-refractivity contribution in [3.63, 3.8) is 0 Å². The Kier molecular flexibility index (Phi) is 4.47. The number of hydrogen-bond donors (Lipinski definition) is 1. The van der Waals surface area contributed by atoms with Crippen LogP contribution < -0.4 is 15.6 Å². The Balaban J connectivity index is 1.96. The zero-order valence-corrected chi connectivity index (χ0v) is 16.0. The molecule has 6 nitrogen and oxygen atoms in total. The molecular formula is C22H21N3O3. The van der Waals surface area contributed by atoms with Crippen molar-refractivity contribution >= 4 is 28.6 Å². The van der Waals surface area contributed by atoms with E-state index in [4.69, 9.17) is 9.72 Å².